The molecule has 13 rings (SSSR count). The number of benzene rings is 6. The highest BCUT2D eigenvalue weighted by Crippen LogP contribution is 2.69. The number of hydrogen-bond acceptors (Lipinski definition) is 1. The van der Waals surface area contributed by atoms with Gasteiger partial charge in [0.05, 0.1) is 5.69 Å². The molecule has 7 aliphatic carbocycles. The van der Waals surface area contributed by atoms with E-state index in [4.69, 9.17) is 0 Å². The highest BCUT2D eigenvalue weighted by molar-refractivity contribution is 5.96. The van der Waals surface area contributed by atoms with Crippen molar-refractivity contribution in [3.05, 3.63) is 162 Å². The van der Waals surface area contributed by atoms with Crippen molar-refractivity contribution in [2.45, 2.75) is 75.0 Å². The Morgan fingerprint density at radius 1 is 0.453 bits per heavy atom. The van der Waals surface area contributed by atoms with Gasteiger partial charge < -0.3 is 4.90 Å². The predicted molar refractivity (Wildman–Crippen MR) is 219 cm³/mol. The summed E-state index contributed by atoms with van der Waals surface area (Å²) >= 11 is 0. The van der Waals surface area contributed by atoms with Crippen LogP contribution in [0.5, 0.6) is 0 Å². The highest BCUT2D eigenvalue weighted by atomic mass is 15.1. The van der Waals surface area contributed by atoms with Crippen molar-refractivity contribution in [2.75, 3.05) is 4.90 Å². The van der Waals surface area contributed by atoms with Gasteiger partial charge in [-0.3, -0.25) is 0 Å². The number of fused-ring (bicyclic) bond motifs is 9. The molecule has 0 amide bonds. The smallest absolute Gasteiger partial charge is 0.0543 e. The SMILES string of the molecule is c1ccc(-c2ccc(N(c3ccc4c(c3)-c3ccccc3C43CCCC3)c3cccc4c3-c3ccccc3C43C4CCC5CC3C[C@@H](C5)C4)cc2)cc1. The molecule has 6 aromatic carbocycles. The molecule has 1 heteroatoms. The molecule has 5 atom stereocenters. The monoisotopic (exact) mass is 685 g/mol. The Balaban J connectivity index is 1.09. The van der Waals surface area contributed by atoms with Gasteiger partial charge in [0.25, 0.3) is 0 Å². The second-order valence-corrected chi connectivity index (χ2v) is 17.6. The Kier molecular flexibility index (Phi) is 6.53. The average molecular weight is 686 g/mol. The minimum absolute atomic E-state index is 0.127. The molecule has 2 spiro atoms. The van der Waals surface area contributed by atoms with E-state index in [1.54, 1.807) is 22.3 Å². The average Bonchev–Trinajstić information content (AvgIpc) is 3.85. The third-order valence-corrected chi connectivity index (χ3v) is 15.3. The number of nitrogens with zero attached hydrogens (tertiary/aromatic N) is 1. The summed E-state index contributed by atoms with van der Waals surface area (Å²) in [5, 5.41) is 0. The molecule has 260 valence electrons. The Hall–Kier alpha value is -4.88. The van der Waals surface area contributed by atoms with Gasteiger partial charge in [-0.1, -0.05) is 128 Å². The Bertz CT molecular complexity index is 2390. The molecule has 5 fully saturated rings. The lowest BCUT2D eigenvalue weighted by Gasteiger charge is -2.53. The van der Waals surface area contributed by atoms with Gasteiger partial charge >= 0.3 is 0 Å². The lowest BCUT2D eigenvalue weighted by Crippen LogP contribution is -2.48. The summed E-state index contributed by atoms with van der Waals surface area (Å²) in [5.41, 5.74) is 18.8. The molecule has 1 nitrogen and oxygen atoms in total. The quantitative estimate of drug-likeness (QED) is 0.179. The van der Waals surface area contributed by atoms with E-state index in [1.165, 1.54) is 115 Å². The first-order chi connectivity index (χ1) is 26.2. The fraction of sp³-hybridized carbons (Fsp3) is 0.308. The van der Waals surface area contributed by atoms with E-state index in [0.717, 1.165) is 23.7 Å². The van der Waals surface area contributed by atoms with Crippen molar-refractivity contribution in [2.24, 2.45) is 23.7 Å². The molecular weight excluding hydrogens is 639 g/mol. The van der Waals surface area contributed by atoms with Gasteiger partial charge in [0, 0.05) is 27.8 Å². The minimum Gasteiger partial charge on any atom is -0.310 e. The summed E-state index contributed by atoms with van der Waals surface area (Å²) in [6.45, 7) is 0. The van der Waals surface area contributed by atoms with Crippen LogP contribution in [0.2, 0.25) is 0 Å². The van der Waals surface area contributed by atoms with Crippen LogP contribution in [0.3, 0.4) is 0 Å². The maximum Gasteiger partial charge on any atom is 0.0543 e. The molecule has 0 N–H and O–H groups in total. The van der Waals surface area contributed by atoms with Gasteiger partial charge in [-0.25, -0.2) is 0 Å². The van der Waals surface area contributed by atoms with Crippen molar-refractivity contribution in [3.8, 4) is 33.4 Å². The van der Waals surface area contributed by atoms with Crippen LogP contribution in [0.25, 0.3) is 33.4 Å². The molecule has 0 heterocycles. The Morgan fingerprint density at radius 2 is 1.11 bits per heavy atom. The first-order valence-electron chi connectivity index (χ1n) is 20.7. The van der Waals surface area contributed by atoms with Gasteiger partial charge in [-0.05, 0) is 149 Å². The summed E-state index contributed by atoms with van der Waals surface area (Å²) in [6.07, 6.45) is 13.7. The summed E-state index contributed by atoms with van der Waals surface area (Å²) in [6, 6.07) is 54.1. The molecule has 53 heavy (non-hydrogen) atoms. The second-order valence-electron chi connectivity index (χ2n) is 17.6. The highest BCUT2D eigenvalue weighted by Gasteiger charge is 2.60. The summed E-state index contributed by atoms with van der Waals surface area (Å²) in [4.78, 5) is 2.62. The molecular formula is C52H47N. The van der Waals surface area contributed by atoms with E-state index in [1.807, 2.05) is 0 Å². The number of rotatable bonds is 4. The van der Waals surface area contributed by atoms with Crippen molar-refractivity contribution >= 4 is 17.1 Å². The Morgan fingerprint density at radius 3 is 1.96 bits per heavy atom. The van der Waals surface area contributed by atoms with E-state index in [-0.39, 0.29) is 10.8 Å². The normalized spacial score (nSPS) is 26.3. The maximum absolute atomic E-state index is 2.62. The van der Waals surface area contributed by atoms with Crippen LogP contribution < -0.4 is 4.90 Å². The molecule has 0 aliphatic heterocycles. The van der Waals surface area contributed by atoms with Crippen LogP contribution in [-0.4, -0.2) is 0 Å². The van der Waals surface area contributed by atoms with E-state index >= 15 is 0 Å². The van der Waals surface area contributed by atoms with Crippen LogP contribution in [0.4, 0.5) is 17.1 Å². The van der Waals surface area contributed by atoms with Gasteiger partial charge in [0.15, 0.2) is 0 Å². The van der Waals surface area contributed by atoms with Crippen LogP contribution >= 0.6 is 0 Å². The zero-order valence-electron chi connectivity index (χ0n) is 30.6. The topological polar surface area (TPSA) is 3.24 Å². The van der Waals surface area contributed by atoms with Crippen LogP contribution in [-0.2, 0) is 10.8 Å². The van der Waals surface area contributed by atoms with Gasteiger partial charge in [0.2, 0.25) is 0 Å². The zero-order chi connectivity index (χ0) is 34.7. The van der Waals surface area contributed by atoms with Crippen molar-refractivity contribution in [3.63, 3.8) is 0 Å². The molecule has 7 aliphatic rings. The first-order valence-corrected chi connectivity index (χ1v) is 20.7. The molecule has 0 saturated heterocycles. The molecule has 0 aromatic heterocycles. The van der Waals surface area contributed by atoms with E-state index in [0.29, 0.717) is 0 Å². The van der Waals surface area contributed by atoms with Gasteiger partial charge in [0.1, 0.15) is 0 Å². The maximum atomic E-state index is 2.62. The van der Waals surface area contributed by atoms with E-state index < -0.39 is 0 Å². The number of hydrogen-bond donors (Lipinski definition) is 0. The fourth-order valence-corrected chi connectivity index (χ4v) is 13.5. The molecule has 6 aromatic rings. The standard InChI is InChI=1S/C52H47N/c1-2-11-36(12-3-1)37-20-23-40(24-21-37)53(41-25-26-46-44(33-41)42-13-4-6-15-45(42)51(46)27-8-9-28-51)49-18-10-17-48-50(49)43-14-5-7-16-47(43)52(48)38-22-19-34-29-35(31-38)32-39(52)30-34/h1-7,10-18,20-21,23-26,33-35,38-39H,8-9,19,22,27-32H2/t34?,35-,38?,39?,52?/m0/s1. The Labute approximate surface area is 314 Å². The minimum atomic E-state index is 0.127. The fourth-order valence-electron chi connectivity index (χ4n) is 13.5. The molecule has 0 radical (unpaired) electrons. The van der Waals surface area contributed by atoms with Crippen molar-refractivity contribution in [1.82, 2.24) is 0 Å². The van der Waals surface area contributed by atoms with Crippen LogP contribution in [0, 0.1) is 23.7 Å². The van der Waals surface area contributed by atoms with Gasteiger partial charge in [-0.15, -0.1) is 0 Å². The van der Waals surface area contributed by atoms with Gasteiger partial charge in [-0.2, -0.15) is 0 Å². The predicted octanol–water partition coefficient (Wildman–Crippen LogP) is 13.8. The third kappa shape index (κ3) is 4.15. The van der Waals surface area contributed by atoms with Crippen LogP contribution in [0.15, 0.2) is 140 Å². The number of anilines is 3. The first kappa shape index (κ1) is 30.6. The zero-order valence-corrected chi connectivity index (χ0v) is 30.6. The summed E-state index contributed by atoms with van der Waals surface area (Å²) in [7, 11) is 0. The summed E-state index contributed by atoms with van der Waals surface area (Å²) in [5.74, 6) is 3.31. The molecule has 4 bridgehead atoms. The van der Waals surface area contributed by atoms with Crippen molar-refractivity contribution < 1.29 is 0 Å². The summed E-state index contributed by atoms with van der Waals surface area (Å²) < 4.78 is 0. The van der Waals surface area contributed by atoms with E-state index in [9.17, 15) is 0 Å². The van der Waals surface area contributed by atoms with Crippen LogP contribution in [0.1, 0.15) is 86.5 Å². The van der Waals surface area contributed by atoms with E-state index in [2.05, 4.69) is 144 Å². The largest absolute Gasteiger partial charge is 0.310 e. The lowest BCUT2D eigenvalue weighted by atomic mass is 9.51. The second kappa shape index (κ2) is 11.3. The molecule has 4 unspecified atom stereocenters. The van der Waals surface area contributed by atoms with Crippen molar-refractivity contribution in [1.29, 1.82) is 0 Å². The third-order valence-electron chi connectivity index (χ3n) is 15.3. The lowest BCUT2D eigenvalue weighted by molar-refractivity contribution is 0.0618. The molecule has 5 saturated carbocycles.